The standard InChI is InChI=1S/C9H12N2O4/c12-4-6(5-13)11-9(15)7-1-2-10-3-8(7)14/h1-3,6,12-14H,4-5H2,(H,11,15). The van der Waals surface area contributed by atoms with E-state index in [4.69, 9.17) is 10.2 Å². The largest absolute Gasteiger partial charge is 0.505 e. The summed E-state index contributed by atoms with van der Waals surface area (Å²) < 4.78 is 0. The number of carbonyl (C=O) groups excluding carboxylic acids is 1. The maximum absolute atomic E-state index is 11.5. The van der Waals surface area contributed by atoms with Gasteiger partial charge in [-0.3, -0.25) is 9.78 Å². The van der Waals surface area contributed by atoms with E-state index in [1.807, 2.05) is 0 Å². The lowest BCUT2D eigenvalue weighted by Gasteiger charge is -2.13. The molecule has 1 heterocycles. The lowest BCUT2D eigenvalue weighted by atomic mass is 10.2. The summed E-state index contributed by atoms with van der Waals surface area (Å²) in [5.41, 5.74) is 0.0527. The van der Waals surface area contributed by atoms with Crippen molar-refractivity contribution in [2.75, 3.05) is 13.2 Å². The molecule has 0 aliphatic heterocycles. The second-order valence-electron chi connectivity index (χ2n) is 2.93. The summed E-state index contributed by atoms with van der Waals surface area (Å²) in [6.07, 6.45) is 2.50. The average Bonchev–Trinajstić information content (AvgIpc) is 2.26. The average molecular weight is 212 g/mol. The Hall–Kier alpha value is -1.66. The fourth-order valence-corrected chi connectivity index (χ4v) is 0.990. The number of hydrogen-bond acceptors (Lipinski definition) is 5. The Kier molecular flexibility index (Phi) is 4.02. The van der Waals surface area contributed by atoms with Gasteiger partial charge in [-0.2, -0.15) is 0 Å². The van der Waals surface area contributed by atoms with E-state index in [-0.39, 0.29) is 24.5 Å². The molecule has 0 spiro atoms. The van der Waals surface area contributed by atoms with Crippen molar-refractivity contribution < 1.29 is 20.1 Å². The van der Waals surface area contributed by atoms with Crippen LogP contribution in [0.15, 0.2) is 18.5 Å². The van der Waals surface area contributed by atoms with Gasteiger partial charge in [0.25, 0.3) is 5.91 Å². The van der Waals surface area contributed by atoms with Crippen LogP contribution in [0.3, 0.4) is 0 Å². The number of pyridine rings is 1. The molecular formula is C9H12N2O4. The number of hydrogen-bond donors (Lipinski definition) is 4. The Morgan fingerprint density at radius 2 is 2.13 bits per heavy atom. The normalized spacial score (nSPS) is 10.3. The molecule has 0 saturated heterocycles. The van der Waals surface area contributed by atoms with Crippen LogP contribution in [0.2, 0.25) is 0 Å². The number of rotatable bonds is 4. The molecule has 4 N–H and O–H groups in total. The van der Waals surface area contributed by atoms with Crippen LogP contribution in [-0.2, 0) is 0 Å². The van der Waals surface area contributed by atoms with Crippen LogP contribution in [0.4, 0.5) is 0 Å². The second-order valence-corrected chi connectivity index (χ2v) is 2.93. The van der Waals surface area contributed by atoms with Crippen molar-refractivity contribution in [3.05, 3.63) is 24.0 Å². The lowest BCUT2D eigenvalue weighted by molar-refractivity contribution is 0.0876. The molecule has 82 valence electrons. The number of aliphatic hydroxyl groups excluding tert-OH is 2. The van der Waals surface area contributed by atoms with E-state index in [1.165, 1.54) is 12.3 Å². The zero-order valence-electron chi connectivity index (χ0n) is 7.92. The van der Waals surface area contributed by atoms with Gasteiger partial charge in [0.15, 0.2) is 0 Å². The smallest absolute Gasteiger partial charge is 0.255 e. The summed E-state index contributed by atoms with van der Waals surface area (Å²) in [4.78, 5) is 15.1. The Balaban J connectivity index is 2.73. The first-order valence-electron chi connectivity index (χ1n) is 4.34. The molecule has 0 bridgehead atoms. The van der Waals surface area contributed by atoms with Crippen LogP contribution < -0.4 is 5.32 Å². The summed E-state index contributed by atoms with van der Waals surface area (Å²) in [5.74, 6) is -0.812. The van der Waals surface area contributed by atoms with Gasteiger partial charge in [0, 0.05) is 6.20 Å². The first-order valence-corrected chi connectivity index (χ1v) is 4.34. The molecule has 0 aliphatic carbocycles. The van der Waals surface area contributed by atoms with Crippen molar-refractivity contribution in [1.29, 1.82) is 0 Å². The minimum absolute atomic E-state index is 0.0527. The van der Waals surface area contributed by atoms with Crippen LogP contribution in [0.1, 0.15) is 10.4 Å². The number of aliphatic hydroxyl groups is 2. The van der Waals surface area contributed by atoms with Crippen molar-refractivity contribution in [3.63, 3.8) is 0 Å². The monoisotopic (exact) mass is 212 g/mol. The van der Waals surface area contributed by atoms with Crippen molar-refractivity contribution in [2.24, 2.45) is 0 Å². The highest BCUT2D eigenvalue weighted by atomic mass is 16.3. The summed E-state index contributed by atoms with van der Waals surface area (Å²) in [5, 5.41) is 29.1. The van der Waals surface area contributed by atoms with E-state index in [2.05, 4.69) is 10.3 Å². The highest BCUT2D eigenvalue weighted by molar-refractivity contribution is 5.96. The molecule has 6 heteroatoms. The highest BCUT2D eigenvalue weighted by Gasteiger charge is 2.14. The van der Waals surface area contributed by atoms with Gasteiger partial charge < -0.3 is 20.6 Å². The van der Waals surface area contributed by atoms with Gasteiger partial charge in [0.05, 0.1) is 31.0 Å². The molecule has 1 aromatic heterocycles. The molecule has 1 amide bonds. The molecule has 0 radical (unpaired) electrons. The molecule has 1 aromatic rings. The first kappa shape index (κ1) is 11.4. The molecule has 0 aliphatic rings. The number of carbonyl (C=O) groups is 1. The molecule has 0 aromatic carbocycles. The van der Waals surface area contributed by atoms with Crippen molar-refractivity contribution >= 4 is 5.91 Å². The van der Waals surface area contributed by atoms with Gasteiger partial charge in [-0.15, -0.1) is 0 Å². The van der Waals surface area contributed by atoms with Crippen molar-refractivity contribution in [1.82, 2.24) is 10.3 Å². The topological polar surface area (TPSA) is 103 Å². The predicted molar refractivity (Wildman–Crippen MR) is 51.3 cm³/mol. The molecular weight excluding hydrogens is 200 g/mol. The Labute approximate surface area is 86.2 Å². The van der Waals surface area contributed by atoms with Crippen LogP contribution in [0.25, 0.3) is 0 Å². The van der Waals surface area contributed by atoms with Gasteiger partial charge >= 0.3 is 0 Å². The van der Waals surface area contributed by atoms with Gasteiger partial charge in [-0.25, -0.2) is 0 Å². The Bertz CT molecular complexity index is 339. The number of aromatic hydroxyl groups is 1. The van der Waals surface area contributed by atoms with Gasteiger partial charge in [0.1, 0.15) is 5.75 Å². The van der Waals surface area contributed by atoms with Crippen molar-refractivity contribution in [3.8, 4) is 5.75 Å². The minimum Gasteiger partial charge on any atom is -0.505 e. The van der Waals surface area contributed by atoms with Gasteiger partial charge in [0.2, 0.25) is 0 Å². The minimum atomic E-state index is -0.731. The van der Waals surface area contributed by atoms with E-state index in [0.717, 1.165) is 6.20 Å². The zero-order chi connectivity index (χ0) is 11.3. The summed E-state index contributed by atoms with van der Waals surface area (Å²) in [6.45, 7) is -0.734. The zero-order valence-corrected chi connectivity index (χ0v) is 7.92. The SMILES string of the molecule is O=C(NC(CO)CO)c1ccncc1O. The maximum atomic E-state index is 11.5. The summed E-state index contributed by atoms with van der Waals surface area (Å²) in [7, 11) is 0. The van der Waals surface area contributed by atoms with E-state index in [9.17, 15) is 9.90 Å². The Morgan fingerprint density at radius 1 is 1.47 bits per heavy atom. The van der Waals surface area contributed by atoms with Gasteiger partial charge in [-0.05, 0) is 6.07 Å². The molecule has 1 rings (SSSR count). The molecule has 0 unspecified atom stereocenters. The van der Waals surface area contributed by atoms with Crippen LogP contribution in [0.5, 0.6) is 5.75 Å². The first-order chi connectivity index (χ1) is 7.19. The van der Waals surface area contributed by atoms with E-state index < -0.39 is 11.9 Å². The predicted octanol–water partition coefficient (Wildman–Crippen LogP) is -1.13. The third-order valence-corrected chi connectivity index (χ3v) is 1.82. The molecule has 6 nitrogen and oxygen atoms in total. The third kappa shape index (κ3) is 2.90. The number of aromatic nitrogens is 1. The number of amides is 1. The molecule has 0 fully saturated rings. The van der Waals surface area contributed by atoms with E-state index in [0.29, 0.717) is 0 Å². The molecule has 0 saturated carbocycles. The van der Waals surface area contributed by atoms with Crippen LogP contribution in [0, 0.1) is 0 Å². The molecule has 15 heavy (non-hydrogen) atoms. The van der Waals surface area contributed by atoms with E-state index >= 15 is 0 Å². The second kappa shape index (κ2) is 5.28. The third-order valence-electron chi connectivity index (χ3n) is 1.82. The van der Waals surface area contributed by atoms with Crippen molar-refractivity contribution in [2.45, 2.75) is 6.04 Å². The van der Waals surface area contributed by atoms with Crippen LogP contribution >= 0.6 is 0 Å². The van der Waals surface area contributed by atoms with Crippen LogP contribution in [-0.4, -0.2) is 45.5 Å². The number of nitrogens with one attached hydrogen (secondary N) is 1. The Morgan fingerprint density at radius 3 is 2.67 bits per heavy atom. The summed E-state index contributed by atoms with van der Waals surface area (Å²) in [6, 6.07) is 0.612. The van der Waals surface area contributed by atoms with Gasteiger partial charge in [-0.1, -0.05) is 0 Å². The summed E-state index contributed by atoms with van der Waals surface area (Å²) >= 11 is 0. The number of nitrogens with zero attached hydrogens (tertiary/aromatic N) is 1. The maximum Gasteiger partial charge on any atom is 0.255 e. The fraction of sp³-hybridized carbons (Fsp3) is 0.333. The quantitative estimate of drug-likeness (QED) is 0.505. The highest BCUT2D eigenvalue weighted by Crippen LogP contribution is 2.13. The lowest BCUT2D eigenvalue weighted by Crippen LogP contribution is -2.40. The molecule has 0 atom stereocenters. The van der Waals surface area contributed by atoms with E-state index in [1.54, 1.807) is 0 Å². The fourth-order valence-electron chi connectivity index (χ4n) is 0.990.